The van der Waals surface area contributed by atoms with Gasteiger partial charge >= 0.3 is 0 Å². The van der Waals surface area contributed by atoms with Gasteiger partial charge in [0.2, 0.25) is 10.3 Å². The highest BCUT2D eigenvalue weighted by Gasteiger charge is 2.40. The summed E-state index contributed by atoms with van der Waals surface area (Å²) < 4.78 is 3.46. The van der Waals surface area contributed by atoms with Crippen molar-refractivity contribution in [1.82, 2.24) is 0 Å². The lowest BCUT2D eigenvalue weighted by Gasteiger charge is -2.18. The van der Waals surface area contributed by atoms with E-state index in [1.165, 1.54) is 0 Å². The van der Waals surface area contributed by atoms with Crippen LogP contribution in [-0.2, 0) is 0 Å². The molecule has 0 saturated carbocycles. The normalized spacial score (nSPS) is 13.9. The highest BCUT2D eigenvalue weighted by molar-refractivity contribution is 6.68. The van der Waals surface area contributed by atoms with E-state index in [2.05, 4.69) is 0 Å². The number of hydrogen-bond acceptors (Lipinski definition) is 3. The fraction of sp³-hybridized carbons (Fsp3) is 0.500. The molecule has 1 heterocycles. The van der Waals surface area contributed by atoms with Gasteiger partial charge in [0.05, 0.1) is 0 Å². The maximum atomic E-state index is 10.4. The van der Waals surface area contributed by atoms with Crippen molar-refractivity contribution in [3.05, 3.63) is 33.8 Å². The summed E-state index contributed by atoms with van der Waals surface area (Å²) >= 11 is 17.0. The van der Waals surface area contributed by atoms with Crippen LogP contribution in [0.25, 0.3) is 0 Å². The fourth-order valence-electron chi connectivity index (χ4n) is 1.14. The Morgan fingerprint density at radius 2 is 2.13 bits per heavy atom. The number of nitrogens with zero attached hydrogens (tertiary/aromatic N) is 1. The van der Waals surface area contributed by atoms with Gasteiger partial charge in [0, 0.05) is 4.92 Å². The molecule has 0 aliphatic rings. The number of halogens is 3. The van der Waals surface area contributed by atoms with Crippen LogP contribution in [0.1, 0.15) is 17.4 Å². The standard InChI is InChI=1S/C8H8Cl3NO3/c1-5-2-3-7(15-5)6(4-12(13)14)8(9,10)11/h2-3,6H,4H2,1H3. The number of rotatable bonds is 3. The second-order valence-electron chi connectivity index (χ2n) is 3.06. The summed E-state index contributed by atoms with van der Waals surface area (Å²) in [5.74, 6) is 0.0444. The largest absolute Gasteiger partial charge is 0.466 e. The molecule has 0 aromatic carbocycles. The Balaban J connectivity index is 2.96. The van der Waals surface area contributed by atoms with Crippen LogP contribution >= 0.6 is 34.8 Å². The predicted octanol–water partition coefficient (Wildman–Crippen LogP) is 3.32. The molecule has 0 radical (unpaired) electrons. The van der Waals surface area contributed by atoms with E-state index in [4.69, 9.17) is 39.2 Å². The van der Waals surface area contributed by atoms with Crippen LogP contribution in [-0.4, -0.2) is 15.3 Å². The Morgan fingerprint density at radius 1 is 1.53 bits per heavy atom. The van der Waals surface area contributed by atoms with Gasteiger partial charge in [-0.05, 0) is 19.1 Å². The molecule has 4 nitrogen and oxygen atoms in total. The minimum atomic E-state index is -1.75. The highest BCUT2D eigenvalue weighted by Crippen LogP contribution is 2.42. The summed E-state index contributed by atoms with van der Waals surface area (Å²) in [6.45, 7) is 1.23. The predicted molar refractivity (Wildman–Crippen MR) is 58.3 cm³/mol. The smallest absolute Gasteiger partial charge is 0.217 e. The lowest BCUT2D eigenvalue weighted by molar-refractivity contribution is -0.483. The minimum Gasteiger partial charge on any atom is -0.466 e. The zero-order valence-corrected chi connectivity index (χ0v) is 10.0. The molecular formula is C8H8Cl3NO3. The Bertz CT molecular complexity index is 358. The lowest BCUT2D eigenvalue weighted by Crippen LogP contribution is -2.24. The molecule has 7 heteroatoms. The van der Waals surface area contributed by atoms with E-state index < -0.39 is 21.2 Å². The lowest BCUT2D eigenvalue weighted by atomic mass is 10.1. The summed E-state index contributed by atoms with van der Waals surface area (Å²) in [6, 6.07) is 3.24. The van der Waals surface area contributed by atoms with Crippen LogP contribution in [0.5, 0.6) is 0 Å². The van der Waals surface area contributed by atoms with Crippen molar-refractivity contribution in [3.63, 3.8) is 0 Å². The molecule has 1 aromatic rings. The zero-order chi connectivity index (χ0) is 11.6. The Kier molecular flexibility index (Phi) is 3.87. The average Bonchev–Trinajstić information content (AvgIpc) is 2.45. The molecule has 15 heavy (non-hydrogen) atoms. The van der Waals surface area contributed by atoms with Crippen molar-refractivity contribution < 1.29 is 9.34 Å². The molecule has 1 rings (SSSR count). The van der Waals surface area contributed by atoms with E-state index in [0.717, 1.165) is 0 Å². The number of furan rings is 1. The van der Waals surface area contributed by atoms with Crippen LogP contribution in [0.4, 0.5) is 0 Å². The van der Waals surface area contributed by atoms with Crippen molar-refractivity contribution in [2.75, 3.05) is 6.54 Å². The molecule has 0 amide bonds. The number of nitro groups is 1. The van der Waals surface area contributed by atoms with Crippen molar-refractivity contribution in [3.8, 4) is 0 Å². The van der Waals surface area contributed by atoms with Crippen molar-refractivity contribution in [1.29, 1.82) is 0 Å². The third kappa shape index (κ3) is 3.55. The van der Waals surface area contributed by atoms with Gasteiger partial charge in [-0.15, -0.1) is 0 Å². The van der Waals surface area contributed by atoms with Gasteiger partial charge in [-0.3, -0.25) is 10.1 Å². The Morgan fingerprint density at radius 3 is 2.47 bits per heavy atom. The van der Waals surface area contributed by atoms with Gasteiger partial charge in [-0.1, -0.05) is 34.8 Å². The van der Waals surface area contributed by atoms with Crippen LogP contribution in [0.15, 0.2) is 16.5 Å². The van der Waals surface area contributed by atoms with Gasteiger partial charge in [-0.2, -0.15) is 0 Å². The Labute approximate surface area is 101 Å². The summed E-state index contributed by atoms with van der Waals surface area (Å²) in [7, 11) is 0. The quantitative estimate of drug-likeness (QED) is 0.482. The monoisotopic (exact) mass is 271 g/mol. The molecule has 0 spiro atoms. The van der Waals surface area contributed by atoms with E-state index >= 15 is 0 Å². The molecule has 0 aliphatic heterocycles. The first-order chi connectivity index (χ1) is 6.80. The number of hydrogen-bond donors (Lipinski definition) is 0. The molecule has 0 aliphatic carbocycles. The third-order valence-electron chi connectivity index (χ3n) is 1.83. The topological polar surface area (TPSA) is 56.3 Å². The molecular weight excluding hydrogens is 264 g/mol. The summed E-state index contributed by atoms with van der Waals surface area (Å²) in [5.41, 5.74) is 0. The first kappa shape index (κ1) is 12.6. The minimum absolute atomic E-state index is 0.309. The second kappa shape index (κ2) is 4.60. The molecule has 1 unspecified atom stereocenters. The van der Waals surface area contributed by atoms with E-state index in [-0.39, 0.29) is 0 Å². The van der Waals surface area contributed by atoms with E-state index in [1.807, 2.05) is 0 Å². The number of aryl methyl sites for hydroxylation is 1. The number of alkyl halides is 3. The molecule has 0 fully saturated rings. The molecule has 0 bridgehead atoms. The van der Waals surface area contributed by atoms with Crippen molar-refractivity contribution in [2.24, 2.45) is 0 Å². The van der Waals surface area contributed by atoms with Crippen LogP contribution in [0, 0.1) is 17.0 Å². The van der Waals surface area contributed by atoms with Gasteiger partial charge in [0.25, 0.3) is 0 Å². The van der Waals surface area contributed by atoms with Crippen LogP contribution in [0.3, 0.4) is 0 Å². The van der Waals surface area contributed by atoms with Gasteiger partial charge in [0.1, 0.15) is 17.4 Å². The second-order valence-corrected chi connectivity index (χ2v) is 5.43. The summed E-state index contributed by atoms with van der Waals surface area (Å²) in [4.78, 5) is 9.89. The van der Waals surface area contributed by atoms with E-state index in [9.17, 15) is 10.1 Å². The van der Waals surface area contributed by atoms with Gasteiger partial charge in [0.15, 0.2) is 0 Å². The first-order valence-electron chi connectivity index (χ1n) is 4.05. The summed E-state index contributed by atoms with van der Waals surface area (Å²) in [6.07, 6.45) is 0. The maximum absolute atomic E-state index is 10.4. The van der Waals surface area contributed by atoms with E-state index in [1.54, 1.807) is 19.1 Å². The van der Waals surface area contributed by atoms with E-state index in [0.29, 0.717) is 11.5 Å². The molecule has 1 atom stereocenters. The van der Waals surface area contributed by atoms with Crippen molar-refractivity contribution in [2.45, 2.75) is 16.6 Å². The molecule has 1 aromatic heterocycles. The maximum Gasteiger partial charge on any atom is 0.217 e. The summed E-state index contributed by atoms with van der Waals surface area (Å²) in [5, 5.41) is 10.4. The zero-order valence-electron chi connectivity index (χ0n) is 7.75. The first-order valence-corrected chi connectivity index (χ1v) is 5.19. The molecule has 0 saturated heterocycles. The molecule has 0 N–H and O–H groups in total. The van der Waals surface area contributed by atoms with Gasteiger partial charge in [-0.25, -0.2) is 0 Å². The van der Waals surface area contributed by atoms with Crippen LogP contribution < -0.4 is 0 Å². The van der Waals surface area contributed by atoms with Crippen LogP contribution in [0.2, 0.25) is 0 Å². The highest BCUT2D eigenvalue weighted by atomic mass is 35.6. The SMILES string of the molecule is Cc1ccc(C(C[N+](=O)[O-])C(Cl)(Cl)Cl)o1. The Hall–Kier alpha value is -0.450. The average molecular weight is 273 g/mol. The fourth-order valence-corrected chi connectivity index (χ4v) is 1.67. The third-order valence-corrected chi connectivity index (χ3v) is 2.62. The van der Waals surface area contributed by atoms with Gasteiger partial charge < -0.3 is 4.42 Å². The van der Waals surface area contributed by atoms with Crippen molar-refractivity contribution >= 4 is 34.8 Å². The molecule has 84 valence electrons.